The van der Waals surface area contributed by atoms with Crippen molar-refractivity contribution in [3.8, 4) is 17.2 Å². The zero-order valence-electron chi connectivity index (χ0n) is 21.6. The Balaban J connectivity index is 1.71. The second-order valence-electron chi connectivity index (χ2n) is 8.54. The van der Waals surface area contributed by atoms with E-state index in [4.69, 9.17) is 23.7 Å². The summed E-state index contributed by atoms with van der Waals surface area (Å²) in [5.41, 5.74) is 5.59. The van der Waals surface area contributed by atoms with Crippen LogP contribution >= 0.6 is 11.8 Å². The fourth-order valence-electron chi connectivity index (χ4n) is 4.36. The van der Waals surface area contributed by atoms with Crippen molar-refractivity contribution in [3.05, 3.63) is 76.8 Å². The second kappa shape index (κ2) is 12.0. The Morgan fingerprint density at radius 1 is 1.03 bits per heavy atom. The Hall–Kier alpha value is -4.11. The van der Waals surface area contributed by atoms with Gasteiger partial charge in [-0.25, -0.2) is 0 Å². The molecule has 0 radical (unpaired) electrons. The lowest BCUT2D eigenvalue weighted by Crippen LogP contribution is -2.22. The topological polar surface area (TPSA) is 107 Å². The standard InChI is InChI=1S/C29H29NO7S/c1-17-22(10-18-11-25(35-3)29(26(12-18)36-4)38-16-28(32)33)21-8-7-19(34-2)13-24(21)23(17)14-27(31)30-15-20-6-5-9-37-20/h5-13H,14-16H2,1-4H3,(H,30,31)(H,32,33)/b22-10-. The Kier molecular flexibility index (Phi) is 8.48. The highest BCUT2D eigenvalue weighted by molar-refractivity contribution is 8.00. The zero-order valence-corrected chi connectivity index (χ0v) is 22.4. The van der Waals surface area contributed by atoms with Crippen molar-refractivity contribution in [1.29, 1.82) is 0 Å². The highest BCUT2D eigenvalue weighted by Crippen LogP contribution is 2.46. The average molecular weight is 536 g/mol. The first-order valence-electron chi connectivity index (χ1n) is 11.8. The number of rotatable bonds is 11. The molecule has 0 bridgehead atoms. The Morgan fingerprint density at radius 2 is 1.76 bits per heavy atom. The molecule has 2 aromatic carbocycles. The first-order chi connectivity index (χ1) is 18.3. The molecule has 1 aliphatic rings. The third-order valence-electron chi connectivity index (χ3n) is 6.21. The summed E-state index contributed by atoms with van der Waals surface area (Å²) in [5.74, 6) is 1.28. The first-order valence-corrected chi connectivity index (χ1v) is 12.8. The summed E-state index contributed by atoms with van der Waals surface area (Å²) in [6.45, 7) is 2.32. The number of hydrogen-bond acceptors (Lipinski definition) is 7. The molecule has 198 valence electrons. The summed E-state index contributed by atoms with van der Waals surface area (Å²) >= 11 is 1.14. The number of hydrogen-bond donors (Lipinski definition) is 2. The van der Waals surface area contributed by atoms with Gasteiger partial charge in [0, 0.05) is 0 Å². The minimum atomic E-state index is -0.926. The number of furan rings is 1. The van der Waals surface area contributed by atoms with Gasteiger partial charge in [0.05, 0.1) is 51.2 Å². The van der Waals surface area contributed by atoms with Crippen LogP contribution in [0.15, 0.2) is 63.6 Å². The van der Waals surface area contributed by atoms with Crippen LogP contribution in [0.3, 0.4) is 0 Å². The lowest BCUT2D eigenvalue weighted by atomic mass is 10.00. The zero-order chi connectivity index (χ0) is 27.2. The van der Waals surface area contributed by atoms with Crippen LogP contribution in [0, 0.1) is 0 Å². The second-order valence-corrected chi connectivity index (χ2v) is 9.53. The molecular formula is C29H29NO7S. The van der Waals surface area contributed by atoms with E-state index in [1.54, 1.807) is 19.4 Å². The molecule has 2 N–H and O–H groups in total. The number of carbonyl (C=O) groups excluding carboxylic acids is 1. The lowest BCUT2D eigenvalue weighted by molar-refractivity contribution is -0.134. The number of nitrogens with one attached hydrogen (secondary N) is 1. The van der Waals surface area contributed by atoms with Gasteiger partial charge in [0.15, 0.2) is 0 Å². The van der Waals surface area contributed by atoms with E-state index in [0.717, 1.165) is 45.2 Å². The van der Waals surface area contributed by atoms with Gasteiger partial charge < -0.3 is 29.1 Å². The predicted octanol–water partition coefficient (Wildman–Crippen LogP) is 5.52. The van der Waals surface area contributed by atoms with Gasteiger partial charge in [-0.1, -0.05) is 6.07 Å². The number of amides is 1. The average Bonchev–Trinajstić information content (AvgIpc) is 3.53. The highest BCUT2D eigenvalue weighted by atomic mass is 32.2. The summed E-state index contributed by atoms with van der Waals surface area (Å²) in [4.78, 5) is 24.6. The molecule has 1 heterocycles. The highest BCUT2D eigenvalue weighted by Gasteiger charge is 2.26. The summed E-state index contributed by atoms with van der Waals surface area (Å²) in [5, 5.41) is 12.0. The maximum atomic E-state index is 12.9. The Morgan fingerprint density at radius 3 is 2.37 bits per heavy atom. The van der Waals surface area contributed by atoms with Crippen LogP contribution in [-0.4, -0.2) is 44.1 Å². The number of aliphatic carboxylic acids is 1. The van der Waals surface area contributed by atoms with Gasteiger partial charge in [-0.3, -0.25) is 9.59 Å². The maximum Gasteiger partial charge on any atom is 0.313 e. The molecule has 4 rings (SSSR count). The van der Waals surface area contributed by atoms with Gasteiger partial charge in [-0.05, 0) is 82.8 Å². The molecule has 3 aromatic rings. The van der Waals surface area contributed by atoms with E-state index in [1.165, 1.54) is 14.2 Å². The number of carboxylic acid groups (broad SMARTS) is 1. The molecule has 0 fully saturated rings. The predicted molar refractivity (Wildman–Crippen MR) is 147 cm³/mol. The molecule has 0 spiro atoms. The molecule has 0 saturated carbocycles. The number of methoxy groups -OCH3 is 3. The first kappa shape index (κ1) is 26.9. The summed E-state index contributed by atoms with van der Waals surface area (Å²) in [6, 6.07) is 13.1. The van der Waals surface area contributed by atoms with Crippen molar-refractivity contribution in [2.45, 2.75) is 24.8 Å². The van der Waals surface area contributed by atoms with Crippen LogP contribution < -0.4 is 19.5 Å². The maximum absolute atomic E-state index is 12.9. The number of benzene rings is 2. The van der Waals surface area contributed by atoms with Crippen LogP contribution in [0.2, 0.25) is 0 Å². The van der Waals surface area contributed by atoms with E-state index in [-0.39, 0.29) is 18.1 Å². The monoisotopic (exact) mass is 535 g/mol. The van der Waals surface area contributed by atoms with E-state index in [2.05, 4.69) is 5.32 Å². The van der Waals surface area contributed by atoms with Gasteiger partial charge in [-0.2, -0.15) is 0 Å². The number of thioether (sulfide) groups is 1. The van der Waals surface area contributed by atoms with Crippen molar-refractivity contribution in [3.63, 3.8) is 0 Å². The minimum absolute atomic E-state index is 0.116. The third-order valence-corrected chi connectivity index (χ3v) is 7.29. The van der Waals surface area contributed by atoms with Crippen molar-refractivity contribution < 1.29 is 33.3 Å². The molecule has 1 aromatic heterocycles. The van der Waals surface area contributed by atoms with Crippen LogP contribution in [-0.2, 0) is 16.1 Å². The molecule has 1 aliphatic carbocycles. The molecule has 0 aliphatic heterocycles. The van der Waals surface area contributed by atoms with Crippen molar-refractivity contribution in [2.75, 3.05) is 27.1 Å². The molecule has 8 nitrogen and oxygen atoms in total. The normalized spacial score (nSPS) is 13.4. The van der Waals surface area contributed by atoms with Crippen LogP contribution in [0.1, 0.15) is 35.8 Å². The number of allylic oxidation sites excluding steroid dienone is 2. The van der Waals surface area contributed by atoms with Gasteiger partial charge in [0.2, 0.25) is 5.91 Å². The number of ether oxygens (including phenoxy) is 3. The van der Waals surface area contributed by atoms with Gasteiger partial charge in [-0.15, -0.1) is 11.8 Å². The largest absolute Gasteiger partial charge is 0.497 e. The van der Waals surface area contributed by atoms with Crippen LogP contribution in [0.4, 0.5) is 0 Å². The van der Waals surface area contributed by atoms with E-state index >= 15 is 0 Å². The third kappa shape index (κ3) is 5.89. The van der Waals surface area contributed by atoms with Crippen molar-refractivity contribution in [1.82, 2.24) is 5.32 Å². The number of carbonyl (C=O) groups is 2. The van der Waals surface area contributed by atoms with Gasteiger partial charge >= 0.3 is 5.97 Å². The van der Waals surface area contributed by atoms with Crippen LogP contribution in [0.25, 0.3) is 17.2 Å². The SMILES string of the molecule is COc1ccc2c(c1)C(CC(=O)NCc1ccco1)=C(C)/C2=C/c1cc(OC)c(SCC(=O)O)c(OC)c1. The van der Waals surface area contributed by atoms with Crippen molar-refractivity contribution >= 4 is 40.9 Å². The molecule has 0 atom stereocenters. The van der Waals surface area contributed by atoms with Crippen molar-refractivity contribution in [2.24, 2.45) is 0 Å². The molecule has 0 saturated heterocycles. The van der Waals surface area contributed by atoms with Crippen LogP contribution in [0.5, 0.6) is 17.2 Å². The van der Waals surface area contributed by atoms with Gasteiger partial charge in [0.25, 0.3) is 0 Å². The number of fused-ring (bicyclic) bond motifs is 1. The van der Waals surface area contributed by atoms with E-state index in [9.17, 15) is 9.59 Å². The molecule has 9 heteroatoms. The smallest absolute Gasteiger partial charge is 0.313 e. The van der Waals surface area contributed by atoms with Gasteiger partial charge in [0.1, 0.15) is 23.0 Å². The quantitative estimate of drug-likeness (QED) is 0.309. The summed E-state index contributed by atoms with van der Waals surface area (Å²) in [7, 11) is 4.69. The molecule has 0 unspecified atom stereocenters. The molecule has 1 amide bonds. The Labute approximate surface area is 225 Å². The fraction of sp³-hybridized carbons (Fsp3) is 0.241. The minimum Gasteiger partial charge on any atom is -0.497 e. The summed E-state index contributed by atoms with van der Waals surface area (Å²) < 4.78 is 21.9. The fourth-order valence-corrected chi connectivity index (χ4v) is 5.20. The lowest BCUT2D eigenvalue weighted by Gasteiger charge is -2.14. The molecular weight excluding hydrogens is 506 g/mol. The summed E-state index contributed by atoms with van der Waals surface area (Å²) in [6.07, 6.45) is 3.79. The Bertz CT molecular complexity index is 1380. The van der Waals surface area contributed by atoms with E-state index in [1.807, 2.05) is 49.4 Å². The molecule has 38 heavy (non-hydrogen) atoms. The van der Waals surface area contributed by atoms with E-state index < -0.39 is 5.97 Å². The number of carboxylic acids is 1. The van der Waals surface area contributed by atoms with E-state index in [0.29, 0.717) is 34.4 Å².